The Morgan fingerprint density at radius 3 is 2.16 bits per heavy atom. The second-order valence-electron chi connectivity index (χ2n) is 4.07. The Hall–Kier alpha value is -0.580. The molecule has 19 heavy (non-hydrogen) atoms. The minimum Gasteiger partial charge on any atom is -0.379 e. The monoisotopic (exact) mass is 443 g/mol. The van der Waals surface area contributed by atoms with Gasteiger partial charge in [0.2, 0.25) is 0 Å². The molecular weight excluding hydrogens is 434 g/mol. The lowest BCUT2D eigenvalue weighted by Gasteiger charge is -2.13. The van der Waals surface area contributed by atoms with Crippen LogP contribution in [0.3, 0.4) is 0 Å². The quantitative estimate of drug-likeness (QED) is 0.599. The Bertz CT molecular complexity index is 571. The molecule has 0 saturated heterocycles. The van der Waals surface area contributed by atoms with Crippen LogP contribution in [0, 0.1) is 0 Å². The normalized spacial score (nSPS) is 10.3. The molecule has 0 spiro atoms. The summed E-state index contributed by atoms with van der Waals surface area (Å²) in [7, 11) is 0. The molecule has 0 saturated carbocycles. The number of nitrogens with one attached hydrogen (secondary N) is 1. The van der Waals surface area contributed by atoms with Crippen LogP contribution >= 0.6 is 47.8 Å². The Morgan fingerprint density at radius 1 is 1.00 bits per heavy atom. The average Bonchev–Trinajstić information content (AvgIpc) is 2.38. The van der Waals surface area contributed by atoms with Crippen LogP contribution in [0.25, 0.3) is 5.57 Å². The molecule has 0 unspecified atom stereocenters. The molecule has 0 aromatic heterocycles. The minimum atomic E-state index is 0.697. The van der Waals surface area contributed by atoms with Crippen LogP contribution in [-0.4, -0.2) is 6.54 Å². The molecule has 0 aliphatic rings. The first kappa shape index (κ1) is 14.8. The molecule has 1 nitrogen and oxygen atoms in total. The number of hydrogen-bond donors (Lipinski definition) is 1. The summed E-state index contributed by atoms with van der Waals surface area (Å²) < 4.78 is 3.04. The molecule has 0 bridgehead atoms. The number of hydrogen-bond acceptors (Lipinski definition) is 1. The van der Waals surface area contributed by atoms with Crippen molar-refractivity contribution in [3.63, 3.8) is 0 Å². The van der Waals surface area contributed by atoms with E-state index in [1.54, 1.807) is 0 Å². The van der Waals surface area contributed by atoms with Crippen molar-refractivity contribution in [3.8, 4) is 0 Å². The van der Waals surface area contributed by atoms with Gasteiger partial charge in [0.25, 0.3) is 0 Å². The predicted molar refractivity (Wildman–Crippen MR) is 93.5 cm³/mol. The summed E-state index contributed by atoms with van der Waals surface area (Å²) in [6.45, 7) is 4.81. The maximum absolute atomic E-state index is 4.11. The molecule has 0 heterocycles. The lowest BCUT2D eigenvalue weighted by molar-refractivity contribution is 1.32. The molecule has 0 aliphatic heterocycles. The van der Waals surface area contributed by atoms with E-state index in [0.29, 0.717) is 6.54 Å². The smallest absolute Gasteiger partial charge is 0.0632 e. The van der Waals surface area contributed by atoms with E-state index in [1.807, 2.05) is 30.3 Å². The zero-order valence-electron chi connectivity index (χ0n) is 10.1. The van der Waals surface area contributed by atoms with Gasteiger partial charge in [-0.15, -0.1) is 0 Å². The first-order valence-electron chi connectivity index (χ1n) is 5.69. The molecule has 1 N–H and O–H groups in total. The van der Waals surface area contributed by atoms with Crippen molar-refractivity contribution in [2.24, 2.45) is 0 Å². The molecule has 2 aromatic rings. The highest BCUT2D eigenvalue weighted by atomic mass is 79.9. The van der Waals surface area contributed by atoms with Gasteiger partial charge in [0.1, 0.15) is 0 Å². The van der Waals surface area contributed by atoms with Crippen molar-refractivity contribution in [1.29, 1.82) is 0 Å². The van der Waals surface area contributed by atoms with Crippen molar-refractivity contribution in [1.82, 2.24) is 0 Å². The zero-order chi connectivity index (χ0) is 13.8. The first-order chi connectivity index (χ1) is 9.08. The number of halogens is 3. The number of benzene rings is 2. The molecule has 4 heteroatoms. The lowest BCUT2D eigenvalue weighted by atomic mass is 10.1. The highest BCUT2D eigenvalue weighted by Gasteiger charge is 2.07. The van der Waals surface area contributed by atoms with Gasteiger partial charge in [0.15, 0.2) is 0 Å². The Labute approximate surface area is 138 Å². The summed E-state index contributed by atoms with van der Waals surface area (Å²) in [6.07, 6.45) is 0. The summed E-state index contributed by atoms with van der Waals surface area (Å²) >= 11 is 10.6. The summed E-state index contributed by atoms with van der Waals surface area (Å²) in [5, 5.41) is 3.39. The lowest BCUT2D eigenvalue weighted by Crippen LogP contribution is -2.04. The topological polar surface area (TPSA) is 12.0 Å². The largest absolute Gasteiger partial charge is 0.379 e. The fourth-order valence-corrected chi connectivity index (χ4v) is 4.22. The Morgan fingerprint density at radius 2 is 1.58 bits per heavy atom. The van der Waals surface area contributed by atoms with E-state index < -0.39 is 0 Å². The molecule has 0 fully saturated rings. The van der Waals surface area contributed by atoms with Gasteiger partial charge in [-0.2, -0.15) is 0 Å². The van der Waals surface area contributed by atoms with Crippen molar-refractivity contribution >= 4 is 59.1 Å². The number of rotatable bonds is 4. The third-order valence-corrected chi connectivity index (χ3v) is 4.38. The third kappa shape index (κ3) is 3.94. The van der Waals surface area contributed by atoms with Crippen LogP contribution in [0.15, 0.2) is 62.5 Å². The minimum absolute atomic E-state index is 0.697. The van der Waals surface area contributed by atoms with Gasteiger partial charge in [-0.05, 0) is 55.1 Å². The third-order valence-electron chi connectivity index (χ3n) is 2.67. The van der Waals surface area contributed by atoms with Crippen LogP contribution in [0.2, 0.25) is 0 Å². The molecule has 0 amide bonds. The van der Waals surface area contributed by atoms with Gasteiger partial charge in [-0.3, -0.25) is 0 Å². The number of anilines is 1. The highest BCUT2D eigenvalue weighted by molar-refractivity contribution is 9.11. The summed E-state index contributed by atoms with van der Waals surface area (Å²) in [4.78, 5) is 0. The summed E-state index contributed by atoms with van der Waals surface area (Å²) in [6, 6.07) is 14.2. The van der Waals surface area contributed by atoms with Crippen LogP contribution in [0.5, 0.6) is 0 Å². The molecular formula is C15H12Br3N. The van der Waals surface area contributed by atoms with E-state index in [9.17, 15) is 0 Å². The molecule has 2 aromatic carbocycles. The van der Waals surface area contributed by atoms with E-state index >= 15 is 0 Å². The zero-order valence-corrected chi connectivity index (χ0v) is 14.8. The standard InChI is InChI=1S/C15H12Br3N/c1-10(11-5-3-2-4-6-11)9-19-15-13(17)7-12(16)8-14(15)18/h2-8,19H,1,9H2. The van der Waals surface area contributed by atoms with Crippen molar-refractivity contribution in [3.05, 3.63) is 68.0 Å². The van der Waals surface area contributed by atoms with Gasteiger partial charge in [-0.1, -0.05) is 52.8 Å². The molecule has 98 valence electrons. The average molecular weight is 446 g/mol. The van der Waals surface area contributed by atoms with Gasteiger partial charge in [0.05, 0.1) is 5.69 Å². The second-order valence-corrected chi connectivity index (χ2v) is 6.69. The molecule has 0 aliphatic carbocycles. The predicted octanol–water partition coefficient (Wildman–Crippen LogP) is 6.10. The summed E-state index contributed by atoms with van der Waals surface area (Å²) in [5.41, 5.74) is 3.24. The van der Waals surface area contributed by atoms with E-state index in [-0.39, 0.29) is 0 Å². The van der Waals surface area contributed by atoms with Gasteiger partial charge >= 0.3 is 0 Å². The maximum Gasteiger partial charge on any atom is 0.0632 e. The highest BCUT2D eigenvalue weighted by Crippen LogP contribution is 2.34. The van der Waals surface area contributed by atoms with Crippen molar-refractivity contribution in [2.45, 2.75) is 0 Å². The van der Waals surface area contributed by atoms with Gasteiger partial charge < -0.3 is 5.32 Å². The Balaban J connectivity index is 2.10. The molecule has 2 rings (SSSR count). The van der Waals surface area contributed by atoms with E-state index in [2.05, 4.69) is 71.8 Å². The van der Waals surface area contributed by atoms with Crippen molar-refractivity contribution < 1.29 is 0 Å². The second kappa shape index (κ2) is 6.73. The van der Waals surface area contributed by atoms with Gasteiger partial charge in [0, 0.05) is 20.0 Å². The van der Waals surface area contributed by atoms with E-state index in [0.717, 1.165) is 30.2 Å². The fraction of sp³-hybridized carbons (Fsp3) is 0.0667. The summed E-state index contributed by atoms with van der Waals surface area (Å²) in [5.74, 6) is 0. The van der Waals surface area contributed by atoms with E-state index in [1.165, 1.54) is 0 Å². The fourth-order valence-electron chi connectivity index (χ4n) is 1.68. The Kier molecular flexibility index (Phi) is 5.25. The van der Waals surface area contributed by atoms with Crippen LogP contribution in [-0.2, 0) is 0 Å². The maximum atomic E-state index is 4.11. The first-order valence-corrected chi connectivity index (χ1v) is 8.07. The van der Waals surface area contributed by atoms with Crippen LogP contribution in [0.1, 0.15) is 5.56 Å². The SMILES string of the molecule is C=C(CNc1c(Br)cc(Br)cc1Br)c1ccccc1. The van der Waals surface area contributed by atoms with Gasteiger partial charge in [-0.25, -0.2) is 0 Å². The van der Waals surface area contributed by atoms with Crippen molar-refractivity contribution in [2.75, 3.05) is 11.9 Å². The van der Waals surface area contributed by atoms with Crippen LogP contribution < -0.4 is 5.32 Å². The molecule has 0 radical (unpaired) electrons. The van der Waals surface area contributed by atoms with Crippen LogP contribution in [0.4, 0.5) is 5.69 Å². The molecule has 0 atom stereocenters. The van der Waals surface area contributed by atoms with E-state index in [4.69, 9.17) is 0 Å².